The van der Waals surface area contributed by atoms with Gasteiger partial charge in [0.2, 0.25) is 0 Å². The van der Waals surface area contributed by atoms with Crippen LogP contribution in [0, 0.1) is 0 Å². The van der Waals surface area contributed by atoms with Gasteiger partial charge in [-0.15, -0.1) is 0 Å². The Hall–Kier alpha value is -2.69. The Labute approximate surface area is 207 Å². The van der Waals surface area contributed by atoms with E-state index in [1.165, 1.54) is 49.0 Å². The molecule has 34 heavy (non-hydrogen) atoms. The van der Waals surface area contributed by atoms with Gasteiger partial charge in [-0.3, -0.25) is 4.90 Å². The number of fused-ring (bicyclic) bond motifs is 1. The molecule has 0 aliphatic carbocycles. The minimum Gasteiger partial charge on any atom is -0.508 e. The molecule has 1 N–H and O–H groups in total. The summed E-state index contributed by atoms with van der Waals surface area (Å²) in [5.74, 6) is 1.22. The van der Waals surface area contributed by atoms with E-state index in [0.717, 1.165) is 36.0 Å². The second kappa shape index (κ2) is 9.89. The zero-order chi connectivity index (χ0) is 23.5. The largest absolute Gasteiger partial charge is 0.508 e. The number of phenols is 1. The lowest BCUT2D eigenvalue weighted by molar-refractivity contribution is 0.183. The van der Waals surface area contributed by atoms with Crippen molar-refractivity contribution in [1.29, 1.82) is 0 Å². The van der Waals surface area contributed by atoms with Crippen molar-refractivity contribution in [2.24, 2.45) is 0 Å². The zero-order valence-electron chi connectivity index (χ0n) is 19.8. The summed E-state index contributed by atoms with van der Waals surface area (Å²) in [6.45, 7) is 7.17. The maximum Gasteiger partial charge on any atom is 0.119 e. The van der Waals surface area contributed by atoms with Gasteiger partial charge in [-0.25, -0.2) is 0 Å². The quantitative estimate of drug-likeness (QED) is 0.457. The molecule has 0 aromatic heterocycles. The first kappa shape index (κ1) is 23.1. The lowest BCUT2D eigenvalue weighted by atomic mass is 9.76. The summed E-state index contributed by atoms with van der Waals surface area (Å²) in [5.41, 5.74) is 4.26. The van der Waals surface area contributed by atoms with Gasteiger partial charge < -0.3 is 14.7 Å². The van der Waals surface area contributed by atoms with E-state index in [9.17, 15) is 5.11 Å². The molecule has 1 atom stereocenters. The van der Waals surface area contributed by atoms with Crippen molar-refractivity contribution < 1.29 is 9.84 Å². The van der Waals surface area contributed by atoms with Crippen LogP contribution in [0.25, 0.3) is 0 Å². The van der Waals surface area contributed by atoms with Crippen molar-refractivity contribution in [1.82, 2.24) is 4.90 Å². The monoisotopic (exact) mass is 476 g/mol. The average molecular weight is 477 g/mol. The summed E-state index contributed by atoms with van der Waals surface area (Å²) in [6, 6.07) is 22.3. The minimum atomic E-state index is -0.404. The molecule has 1 unspecified atom stereocenters. The number of ether oxygens (including phenoxy) is 1. The third kappa shape index (κ3) is 4.62. The number of benzene rings is 3. The molecule has 5 heteroatoms. The predicted octanol–water partition coefficient (Wildman–Crippen LogP) is 6.24. The summed E-state index contributed by atoms with van der Waals surface area (Å²) in [4.78, 5) is 4.92. The molecule has 0 radical (unpaired) electrons. The lowest BCUT2D eigenvalue weighted by Gasteiger charge is -2.48. The van der Waals surface area contributed by atoms with Gasteiger partial charge in [-0.2, -0.15) is 0 Å². The van der Waals surface area contributed by atoms with Crippen LogP contribution >= 0.6 is 11.6 Å². The fraction of sp³-hybridized carbons (Fsp3) is 0.379. The number of piperidine rings is 1. The summed E-state index contributed by atoms with van der Waals surface area (Å²) in [6.07, 6.45) is 4.82. The third-order valence-electron chi connectivity index (χ3n) is 7.42. The van der Waals surface area contributed by atoms with E-state index in [1.807, 2.05) is 24.3 Å². The molecule has 2 aliphatic heterocycles. The van der Waals surface area contributed by atoms with E-state index >= 15 is 0 Å². The van der Waals surface area contributed by atoms with Gasteiger partial charge in [-0.1, -0.05) is 42.3 Å². The first-order valence-electron chi connectivity index (χ1n) is 12.4. The number of anilines is 1. The second-order valence-corrected chi connectivity index (χ2v) is 10.0. The van der Waals surface area contributed by atoms with Crippen LogP contribution in [0.4, 0.5) is 5.69 Å². The molecule has 2 heterocycles. The van der Waals surface area contributed by atoms with Crippen LogP contribution in [0.3, 0.4) is 0 Å². The Morgan fingerprint density at radius 3 is 2.50 bits per heavy atom. The highest BCUT2D eigenvalue weighted by molar-refractivity contribution is 6.30. The standard InChI is InChI=1S/C29H33ClN2O2/c1-29(23-8-11-27(12-9-23)34-19-18-31-15-3-2-4-16-31)28-13-10-26(33)20-22(28)14-17-32(29)25-7-5-6-24(30)21-25/h5-13,20-21,33H,2-4,14-19H2,1H3. The van der Waals surface area contributed by atoms with Crippen molar-refractivity contribution >= 4 is 17.3 Å². The fourth-order valence-electron chi connectivity index (χ4n) is 5.56. The van der Waals surface area contributed by atoms with Gasteiger partial charge in [0.15, 0.2) is 0 Å². The molecule has 2 aliphatic rings. The highest BCUT2D eigenvalue weighted by atomic mass is 35.5. The molecule has 1 saturated heterocycles. The number of nitrogens with zero attached hydrogens (tertiary/aromatic N) is 2. The third-order valence-corrected chi connectivity index (χ3v) is 7.65. The van der Waals surface area contributed by atoms with Crippen LogP contribution in [0.1, 0.15) is 42.9 Å². The summed E-state index contributed by atoms with van der Waals surface area (Å²) in [5, 5.41) is 10.8. The van der Waals surface area contributed by atoms with Crippen molar-refractivity contribution in [3.05, 3.63) is 88.4 Å². The van der Waals surface area contributed by atoms with Gasteiger partial charge in [0, 0.05) is 23.8 Å². The molecule has 0 bridgehead atoms. The van der Waals surface area contributed by atoms with Gasteiger partial charge in [0.05, 0.1) is 5.54 Å². The van der Waals surface area contributed by atoms with Crippen molar-refractivity contribution in [2.45, 2.75) is 38.1 Å². The number of likely N-dealkylation sites (tertiary alicyclic amines) is 1. The minimum absolute atomic E-state index is 0.315. The highest BCUT2D eigenvalue weighted by Gasteiger charge is 2.40. The van der Waals surface area contributed by atoms with Crippen LogP contribution in [-0.4, -0.2) is 42.8 Å². The Morgan fingerprint density at radius 1 is 0.941 bits per heavy atom. The maximum absolute atomic E-state index is 10.1. The Morgan fingerprint density at radius 2 is 1.74 bits per heavy atom. The number of hydrogen-bond acceptors (Lipinski definition) is 4. The average Bonchev–Trinajstić information content (AvgIpc) is 2.85. The van der Waals surface area contributed by atoms with E-state index in [1.54, 1.807) is 6.07 Å². The Balaban J connectivity index is 1.42. The van der Waals surface area contributed by atoms with E-state index in [4.69, 9.17) is 16.3 Å². The Kier molecular flexibility index (Phi) is 6.71. The predicted molar refractivity (Wildman–Crippen MR) is 139 cm³/mol. The van der Waals surface area contributed by atoms with Crippen molar-refractivity contribution in [2.75, 3.05) is 37.7 Å². The number of phenolic OH excluding ortho intramolecular Hbond substituents is 1. The molecule has 4 nitrogen and oxygen atoms in total. The molecule has 178 valence electrons. The number of aromatic hydroxyl groups is 1. The van der Waals surface area contributed by atoms with Crippen LogP contribution in [0.2, 0.25) is 5.02 Å². The molecule has 0 saturated carbocycles. The second-order valence-electron chi connectivity index (χ2n) is 9.57. The summed E-state index contributed by atoms with van der Waals surface area (Å²) in [7, 11) is 0. The molecule has 0 spiro atoms. The van der Waals surface area contributed by atoms with Crippen LogP contribution in [-0.2, 0) is 12.0 Å². The number of halogens is 1. The molecule has 3 aromatic rings. The molecule has 0 amide bonds. The van der Waals surface area contributed by atoms with E-state index in [2.05, 4.69) is 53.1 Å². The van der Waals surface area contributed by atoms with Crippen LogP contribution in [0.15, 0.2) is 66.7 Å². The fourth-order valence-corrected chi connectivity index (χ4v) is 5.74. The number of hydrogen-bond donors (Lipinski definition) is 1. The molecular weight excluding hydrogens is 444 g/mol. The molecule has 5 rings (SSSR count). The van der Waals surface area contributed by atoms with Crippen molar-refractivity contribution in [3.63, 3.8) is 0 Å². The molecule has 3 aromatic carbocycles. The lowest BCUT2D eigenvalue weighted by Crippen LogP contribution is -2.49. The van der Waals surface area contributed by atoms with Crippen LogP contribution < -0.4 is 9.64 Å². The van der Waals surface area contributed by atoms with E-state index < -0.39 is 5.54 Å². The van der Waals surface area contributed by atoms with Crippen LogP contribution in [0.5, 0.6) is 11.5 Å². The summed E-state index contributed by atoms with van der Waals surface area (Å²) >= 11 is 6.37. The topological polar surface area (TPSA) is 35.9 Å². The van der Waals surface area contributed by atoms with E-state index in [-0.39, 0.29) is 0 Å². The van der Waals surface area contributed by atoms with Gasteiger partial charge in [-0.05, 0) is 98.4 Å². The van der Waals surface area contributed by atoms with E-state index in [0.29, 0.717) is 12.4 Å². The molecular formula is C29H33ClN2O2. The van der Waals surface area contributed by atoms with Gasteiger partial charge in [0.1, 0.15) is 18.1 Å². The van der Waals surface area contributed by atoms with Gasteiger partial charge >= 0.3 is 0 Å². The SMILES string of the molecule is CC1(c2ccc(OCCN3CCCCC3)cc2)c2ccc(O)cc2CCN1c1cccc(Cl)c1. The first-order chi connectivity index (χ1) is 16.5. The van der Waals surface area contributed by atoms with Crippen molar-refractivity contribution in [3.8, 4) is 11.5 Å². The zero-order valence-corrected chi connectivity index (χ0v) is 20.6. The first-order valence-corrected chi connectivity index (χ1v) is 12.7. The number of rotatable bonds is 6. The Bertz CT molecular complexity index is 1130. The van der Waals surface area contributed by atoms with Gasteiger partial charge in [0.25, 0.3) is 0 Å². The highest BCUT2D eigenvalue weighted by Crippen LogP contribution is 2.44. The normalized spacial score (nSPS) is 20.7. The summed E-state index contributed by atoms with van der Waals surface area (Å²) < 4.78 is 6.09. The smallest absolute Gasteiger partial charge is 0.119 e. The molecule has 1 fully saturated rings. The maximum atomic E-state index is 10.1.